The lowest BCUT2D eigenvalue weighted by Gasteiger charge is -2.39. The first-order chi connectivity index (χ1) is 11.8. The molecule has 2 aliphatic rings. The molecule has 0 aromatic heterocycles. The molecule has 0 saturated heterocycles. The Morgan fingerprint density at radius 1 is 1.19 bits per heavy atom. The predicted molar refractivity (Wildman–Crippen MR) is 93.0 cm³/mol. The fraction of sp³-hybridized carbons (Fsp3) is 0.556. The zero-order valence-electron chi connectivity index (χ0n) is 14.5. The second kappa shape index (κ2) is 5.71. The van der Waals surface area contributed by atoms with Crippen LogP contribution >= 0.6 is 15.9 Å². The zero-order chi connectivity index (χ0) is 19.5. The van der Waals surface area contributed by atoms with Crippen molar-refractivity contribution in [3.8, 4) is 5.75 Å². The van der Waals surface area contributed by atoms with Gasteiger partial charge in [0.15, 0.2) is 5.78 Å². The number of halogens is 4. The third-order valence-corrected chi connectivity index (χ3v) is 7.67. The summed E-state index contributed by atoms with van der Waals surface area (Å²) < 4.78 is 40.5. The van der Waals surface area contributed by atoms with E-state index in [4.69, 9.17) is 0 Å². The van der Waals surface area contributed by atoms with Gasteiger partial charge in [-0.3, -0.25) is 9.59 Å². The van der Waals surface area contributed by atoms with Crippen LogP contribution in [0.25, 0.3) is 0 Å². The summed E-state index contributed by atoms with van der Waals surface area (Å²) in [6.45, 7) is 5.76. The number of fused-ring (bicyclic) bond motifs is 2. The van der Waals surface area contributed by atoms with Crippen LogP contribution in [0.4, 0.5) is 18.9 Å². The molecule has 8 heteroatoms. The SMILES string of the molecule is CC12CCC(C(=O)Nc3ccc(OC(F)(F)F)cc3)(C(Br)C1=O)C2(C)C. The number of hydrogen-bond acceptors (Lipinski definition) is 3. The molecule has 0 spiro atoms. The van der Waals surface area contributed by atoms with Gasteiger partial charge in [0.05, 0.1) is 10.2 Å². The second-order valence-electron chi connectivity index (χ2n) is 7.68. The minimum atomic E-state index is -4.77. The summed E-state index contributed by atoms with van der Waals surface area (Å²) in [4.78, 5) is 25.2. The van der Waals surface area contributed by atoms with Crippen LogP contribution in [0.2, 0.25) is 0 Å². The Balaban J connectivity index is 1.83. The number of amides is 1. The number of hydrogen-bond donors (Lipinski definition) is 1. The molecule has 0 radical (unpaired) electrons. The highest BCUT2D eigenvalue weighted by molar-refractivity contribution is 9.10. The summed E-state index contributed by atoms with van der Waals surface area (Å²) in [5, 5.41) is 2.76. The molecular weight excluding hydrogens is 415 g/mol. The lowest BCUT2D eigenvalue weighted by Crippen LogP contribution is -2.47. The average molecular weight is 434 g/mol. The first-order valence-corrected chi connectivity index (χ1v) is 9.12. The molecule has 2 saturated carbocycles. The summed E-state index contributed by atoms with van der Waals surface area (Å²) in [6.07, 6.45) is -3.57. The first-order valence-electron chi connectivity index (χ1n) is 8.21. The monoisotopic (exact) mass is 433 g/mol. The van der Waals surface area contributed by atoms with Gasteiger partial charge in [-0.15, -0.1) is 13.2 Å². The Hall–Kier alpha value is -1.57. The molecule has 2 fully saturated rings. The van der Waals surface area contributed by atoms with Crippen molar-refractivity contribution in [2.75, 3.05) is 5.32 Å². The Kier molecular flexibility index (Phi) is 4.22. The maximum Gasteiger partial charge on any atom is 0.573 e. The molecule has 1 aromatic rings. The summed E-state index contributed by atoms with van der Waals surface area (Å²) in [7, 11) is 0. The van der Waals surface area contributed by atoms with Crippen LogP contribution < -0.4 is 10.1 Å². The number of nitrogens with one attached hydrogen (secondary N) is 1. The van der Waals surface area contributed by atoms with E-state index in [0.717, 1.165) is 12.1 Å². The van der Waals surface area contributed by atoms with Crippen LogP contribution in [0.1, 0.15) is 33.6 Å². The van der Waals surface area contributed by atoms with Gasteiger partial charge in [-0.1, -0.05) is 36.7 Å². The number of anilines is 1. The van der Waals surface area contributed by atoms with Crippen molar-refractivity contribution in [1.82, 2.24) is 0 Å². The van der Waals surface area contributed by atoms with Gasteiger partial charge in [0.2, 0.25) is 5.91 Å². The average Bonchev–Trinajstić information content (AvgIpc) is 2.80. The highest BCUT2D eigenvalue weighted by Gasteiger charge is 2.76. The van der Waals surface area contributed by atoms with Crippen LogP contribution in [0.3, 0.4) is 0 Å². The molecule has 1 aromatic carbocycles. The molecule has 3 rings (SSSR count). The van der Waals surface area contributed by atoms with Crippen molar-refractivity contribution in [2.24, 2.45) is 16.2 Å². The van der Waals surface area contributed by atoms with E-state index in [1.165, 1.54) is 12.1 Å². The van der Waals surface area contributed by atoms with Crippen LogP contribution in [-0.4, -0.2) is 22.9 Å². The van der Waals surface area contributed by atoms with Crippen LogP contribution in [-0.2, 0) is 9.59 Å². The minimum Gasteiger partial charge on any atom is -0.406 e. The smallest absolute Gasteiger partial charge is 0.406 e. The third kappa shape index (κ3) is 2.48. The number of alkyl halides is 4. The lowest BCUT2D eigenvalue weighted by atomic mass is 9.64. The molecule has 1 N–H and O–H groups in total. The molecule has 2 bridgehead atoms. The fourth-order valence-electron chi connectivity index (χ4n) is 4.44. The van der Waals surface area contributed by atoms with Gasteiger partial charge in [0.25, 0.3) is 0 Å². The first kappa shape index (κ1) is 19.2. The van der Waals surface area contributed by atoms with Gasteiger partial charge < -0.3 is 10.1 Å². The van der Waals surface area contributed by atoms with Crippen molar-refractivity contribution >= 4 is 33.3 Å². The number of rotatable bonds is 3. The van der Waals surface area contributed by atoms with Crippen LogP contribution in [0, 0.1) is 16.2 Å². The van der Waals surface area contributed by atoms with E-state index in [1.54, 1.807) is 0 Å². The molecule has 3 atom stereocenters. The number of carbonyl (C=O) groups excluding carboxylic acids is 2. The molecule has 4 nitrogen and oxygen atoms in total. The van der Waals surface area contributed by atoms with E-state index < -0.39 is 27.4 Å². The van der Waals surface area contributed by atoms with Crippen LogP contribution in [0.15, 0.2) is 24.3 Å². The van der Waals surface area contributed by atoms with Gasteiger partial charge in [0.1, 0.15) is 5.75 Å². The number of Topliss-reactive ketones (excluding diaryl/α,β-unsaturated/α-hetero) is 1. The Morgan fingerprint density at radius 3 is 2.23 bits per heavy atom. The number of ether oxygens (including phenoxy) is 1. The maximum absolute atomic E-state index is 13.1. The second-order valence-corrected chi connectivity index (χ2v) is 8.60. The summed E-state index contributed by atoms with van der Waals surface area (Å²) in [5.41, 5.74) is -1.68. The molecule has 1 amide bonds. The molecule has 0 heterocycles. The summed E-state index contributed by atoms with van der Waals surface area (Å²) in [6, 6.07) is 4.96. The van der Waals surface area contributed by atoms with Crippen molar-refractivity contribution in [1.29, 1.82) is 0 Å². The largest absolute Gasteiger partial charge is 0.573 e. The van der Waals surface area contributed by atoms with Crippen molar-refractivity contribution in [2.45, 2.75) is 44.8 Å². The molecule has 26 heavy (non-hydrogen) atoms. The van der Waals surface area contributed by atoms with E-state index in [-0.39, 0.29) is 17.4 Å². The summed E-state index contributed by atoms with van der Waals surface area (Å²) in [5.74, 6) is -0.641. The summed E-state index contributed by atoms with van der Waals surface area (Å²) >= 11 is 3.43. The standard InChI is InChI=1S/C18H19BrF3NO3/c1-15(2)16(3)8-9-17(15,12(19)13(16)24)14(25)23-10-4-6-11(7-5-10)26-18(20,21)22/h4-7,12H,8-9H2,1-3H3,(H,23,25). The molecule has 0 aliphatic heterocycles. The Labute approximate surface area is 157 Å². The predicted octanol–water partition coefficient (Wildman–Crippen LogP) is 4.68. The molecular formula is C18H19BrF3NO3. The maximum atomic E-state index is 13.1. The van der Waals surface area contributed by atoms with Gasteiger partial charge >= 0.3 is 6.36 Å². The van der Waals surface area contributed by atoms with Crippen molar-refractivity contribution < 1.29 is 27.5 Å². The van der Waals surface area contributed by atoms with E-state index in [2.05, 4.69) is 26.0 Å². The quantitative estimate of drug-likeness (QED) is 0.703. The van der Waals surface area contributed by atoms with Gasteiger partial charge in [-0.25, -0.2) is 0 Å². The molecule has 2 aliphatic carbocycles. The van der Waals surface area contributed by atoms with Gasteiger partial charge in [0, 0.05) is 11.1 Å². The fourth-order valence-corrected chi connectivity index (χ4v) is 5.95. The van der Waals surface area contributed by atoms with Gasteiger partial charge in [-0.05, 0) is 42.5 Å². The van der Waals surface area contributed by atoms with Crippen molar-refractivity contribution in [3.63, 3.8) is 0 Å². The van der Waals surface area contributed by atoms with Crippen molar-refractivity contribution in [3.05, 3.63) is 24.3 Å². The van der Waals surface area contributed by atoms with E-state index in [9.17, 15) is 22.8 Å². The molecule has 142 valence electrons. The zero-order valence-corrected chi connectivity index (χ0v) is 16.1. The normalized spacial score (nSPS) is 32.6. The highest BCUT2D eigenvalue weighted by Crippen LogP contribution is 2.72. The Morgan fingerprint density at radius 2 is 1.77 bits per heavy atom. The van der Waals surface area contributed by atoms with E-state index >= 15 is 0 Å². The van der Waals surface area contributed by atoms with E-state index in [1.807, 2.05) is 20.8 Å². The Bertz CT molecular complexity index is 762. The third-order valence-electron chi connectivity index (χ3n) is 6.47. The number of ketones is 1. The number of benzene rings is 1. The number of carbonyl (C=O) groups is 2. The minimum absolute atomic E-state index is 0.0258. The van der Waals surface area contributed by atoms with Crippen LogP contribution in [0.5, 0.6) is 5.75 Å². The highest BCUT2D eigenvalue weighted by atomic mass is 79.9. The van der Waals surface area contributed by atoms with E-state index in [0.29, 0.717) is 18.5 Å². The van der Waals surface area contributed by atoms with Gasteiger partial charge in [-0.2, -0.15) is 0 Å². The lowest BCUT2D eigenvalue weighted by molar-refractivity contribution is -0.274. The molecule has 3 unspecified atom stereocenters. The topological polar surface area (TPSA) is 55.4 Å².